The maximum absolute atomic E-state index is 13.4. The minimum absolute atomic E-state index is 0.0595. The van der Waals surface area contributed by atoms with Crippen LogP contribution in [-0.4, -0.2) is 68.4 Å². The maximum Gasteiger partial charge on any atom is 0.242 e. The first-order valence-corrected chi connectivity index (χ1v) is 13.7. The van der Waals surface area contributed by atoms with E-state index in [1.807, 2.05) is 63.8 Å². The summed E-state index contributed by atoms with van der Waals surface area (Å²) in [4.78, 5) is 41.8. The summed E-state index contributed by atoms with van der Waals surface area (Å²) in [5, 5.41) is 0. The first-order valence-electron chi connectivity index (χ1n) is 13.7. The highest BCUT2D eigenvalue weighted by atomic mass is 16.2. The van der Waals surface area contributed by atoms with Gasteiger partial charge in [0.15, 0.2) is 5.65 Å². The van der Waals surface area contributed by atoms with E-state index in [9.17, 15) is 9.59 Å². The lowest BCUT2D eigenvalue weighted by Crippen LogP contribution is -2.55. The molecular weight excluding hydrogens is 488 g/mol. The lowest BCUT2D eigenvalue weighted by atomic mass is 9.94. The molecule has 0 saturated carbocycles. The summed E-state index contributed by atoms with van der Waals surface area (Å²) in [6.45, 7) is 7.86. The van der Waals surface area contributed by atoms with E-state index >= 15 is 0 Å². The Balaban J connectivity index is 1.15. The molecule has 2 aromatic carbocycles. The van der Waals surface area contributed by atoms with Crippen molar-refractivity contribution in [1.82, 2.24) is 24.3 Å². The van der Waals surface area contributed by atoms with E-state index < -0.39 is 0 Å². The molecule has 6 rings (SSSR count). The molecule has 0 N–H and O–H groups in total. The molecule has 0 spiro atoms. The first-order chi connectivity index (χ1) is 19.0. The number of aromatic nitrogens is 3. The number of piperazine rings is 1. The van der Waals surface area contributed by atoms with E-state index in [2.05, 4.69) is 40.0 Å². The summed E-state index contributed by atoms with van der Waals surface area (Å²) < 4.78 is 1.83. The van der Waals surface area contributed by atoms with Gasteiger partial charge in [0, 0.05) is 50.6 Å². The number of benzene rings is 2. The van der Waals surface area contributed by atoms with Crippen molar-refractivity contribution >= 4 is 28.7 Å². The molecule has 8 nitrogen and oxygen atoms in total. The Hall–Kier alpha value is -4.20. The number of imidazole rings is 1. The van der Waals surface area contributed by atoms with Crippen molar-refractivity contribution in [1.29, 1.82) is 0 Å². The number of rotatable bonds is 5. The fourth-order valence-electron chi connectivity index (χ4n) is 6.00. The normalized spacial score (nSPS) is 18.2. The van der Waals surface area contributed by atoms with Crippen LogP contribution in [0.25, 0.3) is 11.2 Å². The van der Waals surface area contributed by atoms with Gasteiger partial charge in [-0.1, -0.05) is 42.5 Å². The summed E-state index contributed by atoms with van der Waals surface area (Å²) in [5.41, 5.74) is 6.31. The largest absolute Gasteiger partial charge is 0.367 e. The number of amides is 2. The molecule has 4 aromatic rings. The summed E-state index contributed by atoms with van der Waals surface area (Å²) in [6, 6.07) is 20.3. The van der Waals surface area contributed by atoms with Crippen LogP contribution in [0.2, 0.25) is 0 Å². The van der Waals surface area contributed by atoms with Crippen molar-refractivity contribution in [2.24, 2.45) is 0 Å². The van der Waals surface area contributed by atoms with Gasteiger partial charge in [-0.2, -0.15) is 0 Å². The summed E-state index contributed by atoms with van der Waals surface area (Å²) in [6.07, 6.45) is 4.28. The molecule has 0 aliphatic carbocycles. The number of anilines is 1. The number of carbonyl (C=O) groups excluding carboxylic acids is 2. The van der Waals surface area contributed by atoms with Crippen LogP contribution in [0.4, 0.5) is 5.69 Å². The Morgan fingerprint density at radius 1 is 0.974 bits per heavy atom. The smallest absolute Gasteiger partial charge is 0.242 e. The van der Waals surface area contributed by atoms with Gasteiger partial charge in [-0.3, -0.25) is 9.59 Å². The first kappa shape index (κ1) is 25.1. The van der Waals surface area contributed by atoms with Gasteiger partial charge in [0.05, 0.1) is 12.2 Å². The highest BCUT2D eigenvalue weighted by Gasteiger charge is 2.32. The summed E-state index contributed by atoms with van der Waals surface area (Å²) in [5.74, 6) is 0.0816. The Kier molecular flexibility index (Phi) is 6.77. The fraction of sp³-hybridized carbons (Fsp3) is 0.355. The summed E-state index contributed by atoms with van der Waals surface area (Å²) in [7, 11) is 0. The Bertz CT molecular complexity index is 1500. The molecule has 8 heteroatoms. The molecule has 0 unspecified atom stereocenters. The van der Waals surface area contributed by atoms with Crippen LogP contribution >= 0.6 is 0 Å². The van der Waals surface area contributed by atoms with Crippen molar-refractivity contribution in [2.45, 2.75) is 45.3 Å². The van der Waals surface area contributed by atoms with Gasteiger partial charge >= 0.3 is 0 Å². The average Bonchev–Trinajstić information content (AvgIpc) is 3.38. The maximum atomic E-state index is 13.4. The van der Waals surface area contributed by atoms with Gasteiger partial charge in [-0.05, 0) is 55.2 Å². The number of nitrogens with zero attached hydrogens (tertiary/aromatic N) is 6. The van der Waals surface area contributed by atoms with E-state index in [-0.39, 0.29) is 30.3 Å². The van der Waals surface area contributed by atoms with E-state index in [1.165, 1.54) is 16.8 Å². The van der Waals surface area contributed by atoms with Crippen LogP contribution in [-0.2, 0) is 29.1 Å². The zero-order valence-corrected chi connectivity index (χ0v) is 22.5. The van der Waals surface area contributed by atoms with Crippen molar-refractivity contribution in [3.8, 4) is 0 Å². The van der Waals surface area contributed by atoms with Crippen molar-refractivity contribution < 1.29 is 9.59 Å². The molecule has 4 heterocycles. The molecular formula is C31H34N6O2. The van der Waals surface area contributed by atoms with Crippen LogP contribution in [0.5, 0.6) is 0 Å². The molecule has 2 aromatic heterocycles. The number of pyridine rings is 1. The number of hydrogen-bond donors (Lipinski definition) is 0. The van der Waals surface area contributed by atoms with Crippen molar-refractivity contribution in [3.63, 3.8) is 0 Å². The van der Waals surface area contributed by atoms with Crippen molar-refractivity contribution in [3.05, 3.63) is 89.9 Å². The third-order valence-electron chi connectivity index (χ3n) is 8.20. The van der Waals surface area contributed by atoms with Gasteiger partial charge in [-0.15, -0.1) is 0 Å². The number of fused-ring (bicyclic) bond motifs is 2. The highest BCUT2D eigenvalue weighted by Crippen LogP contribution is 2.32. The van der Waals surface area contributed by atoms with E-state index in [0.717, 1.165) is 42.8 Å². The van der Waals surface area contributed by atoms with E-state index in [1.54, 1.807) is 12.5 Å². The van der Waals surface area contributed by atoms with Crippen LogP contribution in [0.15, 0.2) is 73.2 Å². The topological polar surface area (TPSA) is 74.6 Å². The molecule has 2 amide bonds. The quantitative estimate of drug-likeness (QED) is 0.398. The highest BCUT2D eigenvalue weighted by molar-refractivity contribution is 5.84. The standard InChI is InChI=1S/C31H34N6O2/c1-22-18-34(16-17-37(22)29(38)20-36-21-33-27-11-7-14-32-30(27)36)28-12-6-10-25-13-15-35(19-26(25)28)31(39)23(2)24-8-4-3-5-9-24/h3-12,14,21-23H,13,15-20H2,1-2H3/t22-,23-/m1/s1. The van der Waals surface area contributed by atoms with E-state index in [4.69, 9.17) is 0 Å². The zero-order chi connectivity index (χ0) is 26.9. The molecule has 1 fully saturated rings. The molecule has 2 aliphatic rings. The average molecular weight is 523 g/mol. The Morgan fingerprint density at radius 3 is 2.64 bits per heavy atom. The van der Waals surface area contributed by atoms with Crippen molar-refractivity contribution in [2.75, 3.05) is 31.1 Å². The van der Waals surface area contributed by atoms with Crippen LogP contribution in [0.1, 0.15) is 36.5 Å². The molecule has 2 atom stereocenters. The monoisotopic (exact) mass is 522 g/mol. The number of hydrogen-bond acceptors (Lipinski definition) is 5. The second-order valence-electron chi connectivity index (χ2n) is 10.7. The Morgan fingerprint density at radius 2 is 1.82 bits per heavy atom. The predicted octanol–water partition coefficient (Wildman–Crippen LogP) is 3.86. The van der Waals surface area contributed by atoms with Gasteiger partial charge in [0.2, 0.25) is 11.8 Å². The van der Waals surface area contributed by atoms with Gasteiger partial charge < -0.3 is 19.3 Å². The molecule has 0 bridgehead atoms. The predicted molar refractivity (Wildman–Crippen MR) is 151 cm³/mol. The third-order valence-corrected chi connectivity index (χ3v) is 8.20. The summed E-state index contributed by atoms with van der Waals surface area (Å²) >= 11 is 0. The second kappa shape index (κ2) is 10.5. The zero-order valence-electron chi connectivity index (χ0n) is 22.5. The molecule has 39 heavy (non-hydrogen) atoms. The number of carbonyl (C=O) groups is 2. The van der Waals surface area contributed by atoms with Crippen LogP contribution < -0.4 is 4.90 Å². The van der Waals surface area contributed by atoms with Crippen LogP contribution in [0.3, 0.4) is 0 Å². The lowest BCUT2D eigenvalue weighted by molar-refractivity contribution is -0.134. The molecule has 0 radical (unpaired) electrons. The molecule has 2 aliphatic heterocycles. The van der Waals surface area contributed by atoms with Gasteiger partial charge in [0.1, 0.15) is 12.1 Å². The minimum atomic E-state index is -0.169. The minimum Gasteiger partial charge on any atom is -0.367 e. The second-order valence-corrected chi connectivity index (χ2v) is 10.7. The third kappa shape index (κ3) is 4.87. The Labute approximate surface area is 228 Å². The molecule has 1 saturated heterocycles. The SMILES string of the molecule is C[C@@H]1CN(c2cccc3c2CN(C(=O)[C@H](C)c2ccccc2)CC3)CCN1C(=O)Cn1cnc2cccnc21. The molecule has 200 valence electrons. The van der Waals surface area contributed by atoms with Crippen LogP contribution in [0, 0.1) is 0 Å². The van der Waals surface area contributed by atoms with E-state index in [0.29, 0.717) is 13.1 Å². The lowest BCUT2D eigenvalue weighted by Gasteiger charge is -2.43. The van der Waals surface area contributed by atoms with Gasteiger partial charge in [-0.25, -0.2) is 9.97 Å². The fourth-order valence-corrected chi connectivity index (χ4v) is 6.00. The van der Waals surface area contributed by atoms with Gasteiger partial charge in [0.25, 0.3) is 0 Å².